The number of anilines is 1. The van der Waals surface area contributed by atoms with E-state index in [9.17, 15) is 4.79 Å². The van der Waals surface area contributed by atoms with Gasteiger partial charge in [-0.3, -0.25) is 4.79 Å². The highest BCUT2D eigenvalue weighted by atomic mass is 32.1. The molecule has 0 saturated carbocycles. The molecule has 1 amide bonds. The number of nitrogens with two attached hydrogens (primary N) is 1. The third-order valence-corrected chi connectivity index (χ3v) is 5.01. The van der Waals surface area contributed by atoms with Crippen LogP contribution in [0.15, 0.2) is 29.8 Å². The molecule has 6 heteroatoms. The van der Waals surface area contributed by atoms with Crippen LogP contribution in [-0.2, 0) is 13.1 Å². The molecule has 3 rings (SSSR count). The van der Waals surface area contributed by atoms with Crippen molar-refractivity contribution in [2.75, 3.05) is 18.0 Å². The molecular weight excluding hydrogens is 308 g/mol. The van der Waals surface area contributed by atoms with E-state index in [2.05, 4.69) is 21.3 Å². The first kappa shape index (κ1) is 16.0. The number of piperidine rings is 1. The van der Waals surface area contributed by atoms with Crippen LogP contribution in [0.5, 0.6) is 0 Å². The second-order valence-electron chi connectivity index (χ2n) is 5.80. The highest BCUT2D eigenvalue weighted by molar-refractivity contribution is 7.10. The summed E-state index contributed by atoms with van der Waals surface area (Å²) in [6.07, 6.45) is 5.67. The molecule has 3 heterocycles. The lowest BCUT2D eigenvalue weighted by atomic mass is 10.1. The van der Waals surface area contributed by atoms with Gasteiger partial charge < -0.3 is 16.0 Å². The fraction of sp³-hybridized carbons (Fsp3) is 0.412. The van der Waals surface area contributed by atoms with Gasteiger partial charge in [-0.25, -0.2) is 4.98 Å². The van der Waals surface area contributed by atoms with Gasteiger partial charge in [0.2, 0.25) is 5.91 Å². The smallest absolute Gasteiger partial charge is 0.249 e. The molecule has 0 aromatic carbocycles. The minimum absolute atomic E-state index is 0.368. The molecule has 0 unspecified atom stereocenters. The maximum Gasteiger partial charge on any atom is 0.249 e. The van der Waals surface area contributed by atoms with Gasteiger partial charge in [-0.1, -0.05) is 6.07 Å². The van der Waals surface area contributed by atoms with Gasteiger partial charge in [-0.05, 0) is 31.4 Å². The third-order valence-electron chi connectivity index (χ3n) is 4.08. The van der Waals surface area contributed by atoms with E-state index in [-0.39, 0.29) is 5.91 Å². The van der Waals surface area contributed by atoms with Gasteiger partial charge in [0.1, 0.15) is 5.82 Å². The number of aromatic nitrogens is 1. The molecule has 2 aromatic heterocycles. The molecule has 23 heavy (non-hydrogen) atoms. The number of pyridine rings is 1. The van der Waals surface area contributed by atoms with Crippen LogP contribution in [0, 0.1) is 0 Å². The predicted molar refractivity (Wildman–Crippen MR) is 93.7 cm³/mol. The number of nitrogens with one attached hydrogen (secondary N) is 1. The lowest BCUT2D eigenvalue weighted by molar-refractivity contribution is 0.100. The Bertz CT molecular complexity index is 664. The number of primary amides is 1. The van der Waals surface area contributed by atoms with Gasteiger partial charge in [0.05, 0.1) is 5.56 Å². The predicted octanol–water partition coefficient (Wildman–Crippen LogP) is 2.52. The van der Waals surface area contributed by atoms with Crippen molar-refractivity contribution < 1.29 is 4.79 Å². The van der Waals surface area contributed by atoms with Gasteiger partial charge >= 0.3 is 0 Å². The second-order valence-corrected chi connectivity index (χ2v) is 6.80. The molecule has 0 atom stereocenters. The van der Waals surface area contributed by atoms with Crippen molar-refractivity contribution in [2.24, 2.45) is 5.73 Å². The summed E-state index contributed by atoms with van der Waals surface area (Å²) in [6.45, 7) is 3.68. The average molecular weight is 330 g/mol. The molecule has 3 N–H and O–H groups in total. The van der Waals surface area contributed by atoms with E-state index in [1.165, 1.54) is 24.8 Å². The summed E-state index contributed by atoms with van der Waals surface area (Å²) in [4.78, 5) is 19.2. The van der Waals surface area contributed by atoms with E-state index in [1.54, 1.807) is 11.3 Å². The number of carbonyl (C=O) groups excluding carboxylic acids is 1. The van der Waals surface area contributed by atoms with Crippen molar-refractivity contribution in [2.45, 2.75) is 32.4 Å². The highest BCUT2D eigenvalue weighted by Gasteiger charge is 2.15. The number of nitrogens with zero attached hydrogens (tertiary/aromatic N) is 2. The lowest BCUT2D eigenvalue weighted by Crippen LogP contribution is -2.31. The van der Waals surface area contributed by atoms with Crippen LogP contribution in [-0.4, -0.2) is 24.0 Å². The van der Waals surface area contributed by atoms with Crippen LogP contribution >= 0.6 is 11.3 Å². The van der Waals surface area contributed by atoms with Crippen LogP contribution in [0.25, 0.3) is 0 Å². The average Bonchev–Trinajstić information content (AvgIpc) is 3.05. The van der Waals surface area contributed by atoms with E-state index < -0.39 is 0 Å². The fourth-order valence-corrected chi connectivity index (χ4v) is 3.72. The number of hydrogen-bond donors (Lipinski definition) is 2. The van der Waals surface area contributed by atoms with Crippen LogP contribution < -0.4 is 16.0 Å². The molecular formula is C17H22N4OS. The monoisotopic (exact) mass is 330 g/mol. The number of hydrogen-bond acceptors (Lipinski definition) is 5. The summed E-state index contributed by atoms with van der Waals surface area (Å²) in [5, 5.41) is 5.25. The minimum Gasteiger partial charge on any atom is -0.366 e. The molecule has 5 nitrogen and oxygen atoms in total. The minimum atomic E-state index is -0.368. The standard InChI is InChI=1S/C17H22N4OS/c18-16(22)14-9-15(23-12-14)11-19-10-13-5-4-6-20-17(13)21-7-2-1-3-8-21/h4-6,9,12,19H,1-3,7-8,10-11H2,(H2,18,22). The number of amides is 1. The fourth-order valence-electron chi connectivity index (χ4n) is 2.88. The Balaban J connectivity index is 1.60. The maximum absolute atomic E-state index is 11.1. The summed E-state index contributed by atoms with van der Waals surface area (Å²) in [5.74, 6) is 0.732. The van der Waals surface area contributed by atoms with Crippen molar-refractivity contribution in [3.63, 3.8) is 0 Å². The zero-order valence-electron chi connectivity index (χ0n) is 13.1. The Kier molecular flexibility index (Phi) is 5.25. The Morgan fingerprint density at radius 1 is 1.30 bits per heavy atom. The van der Waals surface area contributed by atoms with Gasteiger partial charge in [-0.15, -0.1) is 11.3 Å². The van der Waals surface area contributed by atoms with E-state index in [0.29, 0.717) is 5.56 Å². The first-order valence-corrected chi connectivity index (χ1v) is 8.89. The van der Waals surface area contributed by atoms with Gasteiger partial charge in [0.25, 0.3) is 0 Å². The molecule has 0 aliphatic carbocycles. The molecule has 2 aromatic rings. The van der Waals surface area contributed by atoms with Gasteiger partial charge in [0.15, 0.2) is 0 Å². The Morgan fingerprint density at radius 2 is 2.13 bits per heavy atom. The summed E-state index contributed by atoms with van der Waals surface area (Å²) in [7, 11) is 0. The number of thiophene rings is 1. The van der Waals surface area contributed by atoms with E-state index >= 15 is 0 Å². The first-order valence-electron chi connectivity index (χ1n) is 8.01. The Hall–Kier alpha value is -1.92. The van der Waals surface area contributed by atoms with Gasteiger partial charge in [0, 0.05) is 48.2 Å². The SMILES string of the molecule is NC(=O)c1csc(CNCc2cccnc2N2CCCCC2)c1. The van der Waals surface area contributed by atoms with Crippen molar-refractivity contribution in [1.82, 2.24) is 10.3 Å². The van der Waals surface area contributed by atoms with E-state index in [1.807, 2.05) is 23.7 Å². The number of rotatable bonds is 6. The van der Waals surface area contributed by atoms with Crippen LogP contribution in [0.4, 0.5) is 5.82 Å². The third kappa shape index (κ3) is 4.09. The zero-order valence-corrected chi connectivity index (χ0v) is 13.9. The quantitative estimate of drug-likeness (QED) is 0.854. The summed E-state index contributed by atoms with van der Waals surface area (Å²) in [5.41, 5.74) is 7.09. The Labute approximate surface area is 140 Å². The maximum atomic E-state index is 11.1. The van der Waals surface area contributed by atoms with E-state index in [0.717, 1.165) is 36.9 Å². The van der Waals surface area contributed by atoms with E-state index in [4.69, 9.17) is 5.73 Å². The van der Waals surface area contributed by atoms with Crippen molar-refractivity contribution >= 4 is 23.1 Å². The molecule has 1 aliphatic heterocycles. The topological polar surface area (TPSA) is 71.2 Å². The van der Waals surface area contributed by atoms with Crippen molar-refractivity contribution in [1.29, 1.82) is 0 Å². The van der Waals surface area contributed by atoms with Gasteiger partial charge in [-0.2, -0.15) is 0 Å². The molecule has 0 bridgehead atoms. The number of carbonyl (C=O) groups is 1. The highest BCUT2D eigenvalue weighted by Crippen LogP contribution is 2.22. The summed E-state index contributed by atoms with van der Waals surface area (Å²) < 4.78 is 0. The van der Waals surface area contributed by atoms with Crippen LogP contribution in [0.3, 0.4) is 0 Å². The molecule has 0 radical (unpaired) electrons. The second kappa shape index (κ2) is 7.57. The van der Waals surface area contributed by atoms with Crippen LogP contribution in [0.2, 0.25) is 0 Å². The van der Waals surface area contributed by atoms with Crippen molar-refractivity contribution in [3.8, 4) is 0 Å². The normalized spacial score (nSPS) is 14.9. The largest absolute Gasteiger partial charge is 0.366 e. The summed E-state index contributed by atoms with van der Waals surface area (Å²) in [6, 6.07) is 5.97. The molecule has 1 aliphatic rings. The first-order chi connectivity index (χ1) is 11.2. The molecule has 122 valence electrons. The molecule has 1 fully saturated rings. The zero-order chi connectivity index (χ0) is 16.1. The van der Waals surface area contributed by atoms with Crippen LogP contribution in [0.1, 0.15) is 40.1 Å². The summed E-state index contributed by atoms with van der Waals surface area (Å²) >= 11 is 1.56. The van der Waals surface area contributed by atoms with Crippen molar-refractivity contribution in [3.05, 3.63) is 45.8 Å². The Morgan fingerprint density at radius 3 is 2.87 bits per heavy atom. The molecule has 0 spiro atoms. The lowest BCUT2D eigenvalue weighted by Gasteiger charge is -2.29. The molecule has 1 saturated heterocycles.